The van der Waals surface area contributed by atoms with Crippen molar-refractivity contribution in [3.05, 3.63) is 54.1 Å². The molecule has 90 valence electrons. The lowest BCUT2D eigenvalue weighted by Gasteiger charge is -2.16. The minimum Gasteiger partial charge on any atom is -0.797 e. The average Bonchev–Trinajstić information content (AvgIpc) is 2.67. The molecule has 0 aliphatic heterocycles. The van der Waals surface area contributed by atoms with Crippen LogP contribution < -0.4 is 15.0 Å². The smallest absolute Gasteiger partial charge is 0.298 e. The highest BCUT2D eigenvalue weighted by atomic mass is 16.3. The molecule has 0 amide bonds. The molecule has 0 aliphatic carbocycles. The summed E-state index contributed by atoms with van der Waals surface area (Å²) in [5.74, 6) is 0.779. The molecule has 0 fully saturated rings. The van der Waals surface area contributed by atoms with E-state index in [-0.39, 0.29) is 0 Å². The summed E-state index contributed by atoms with van der Waals surface area (Å²) in [6, 6.07) is 10.0. The molecule has 1 unspecified atom stereocenters. The maximum atomic E-state index is 12.1. The van der Waals surface area contributed by atoms with Gasteiger partial charge in [0.25, 0.3) is 5.82 Å². The van der Waals surface area contributed by atoms with Crippen molar-refractivity contribution in [3.63, 3.8) is 0 Å². The predicted molar refractivity (Wildman–Crippen MR) is 61.4 cm³/mol. The van der Waals surface area contributed by atoms with Crippen molar-refractivity contribution >= 4 is 0 Å². The highest BCUT2D eigenvalue weighted by Crippen LogP contribution is 1.98. The number of nitrogens with two attached hydrogens (primary N) is 1. The number of imidazole rings is 1. The van der Waals surface area contributed by atoms with Gasteiger partial charge in [0.2, 0.25) is 0 Å². The lowest BCUT2D eigenvalue weighted by atomic mass is 10.2. The Bertz CT molecular complexity index is 459. The fourth-order valence-corrected chi connectivity index (χ4v) is 1.97. The van der Waals surface area contributed by atoms with Gasteiger partial charge < -0.3 is 10.4 Å². The van der Waals surface area contributed by atoms with Crippen molar-refractivity contribution in [2.24, 2.45) is 14.1 Å². The number of rotatable bonds is 4. The molecule has 1 aromatic carbocycles. The zero-order valence-electron chi connectivity index (χ0n) is 10.2. The van der Waals surface area contributed by atoms with Crippen LogP contribution in [-0.2, 0) is 20.6 Å². The van der Waals surface area contributed by atoms with E-state index in [1.165, 1.54) is 5.56 Å². The molecule has 17 heavy (non-hydrogen) atoms. The van der Waals surface area contributed by atoms with E-state index in [1.54, 1.807) is 0 Å². The van der Waals surface area contributed by atoms with Crippen molar-refractivity contribution in [2.45, 2.75) is 12.8 Å². The van der Waals surface area contributed by atoms with Crippen LogP contribution in [0.1, 0.15) is 17.6 Å². The molecule has 4 heteroatoms. The molecular weight excluding hydrogens is 214 g/mol. The van der Waals surface area contributed by atoms with E-state index in [4.69, 9.17) is 0 Å². The van der Waals surface area contributed by atoms with Crippen molar-refractivity contribution in [3.8, 4) is 0 Å². The number of aryl methyl sites for hydroxylation is 2. The maximum Gasteiger partial charge on any atom is 0.298 e. The van der Waals surface area contributed by atoms with Crippen LogP contribution in [-0.4, -0.2) is 4.57 Å². The first-order valence-electron chi connectivity index (χ1n) is 5.72. The van der Waals surface area contributed by atoms with E-state index in [1.807, 2.05) is 71.3 Å². The van der Waals surface area contributed by atoms with Crippen LogP contribution in [0.2, 0.25) is 0 Å². The third-order valence-corrected chi connectivity index (χ3v) is 2.90. The first-order chi connectivity index (χ1) is 8.18. The van der Waals surface area contributed by atoms with Gasteiger partial charge in [0.15, 0.2) is 0 Å². The van der Waals surface area contributed by atoms with E-state index in [2.05, 4.69) is 0 Å². The number of nitrogens with zero attached hydrogens (tertiary/aromatic N) is 2. The van der Waals surface area contributed by atoms with Crippen LogP contribution in [0.5, 0.6) is 0 Å². The zero-order chi connectivity index (χ0) is 12.3. The minimum absolute atomic E-state index is 0.709. The molecule has 0 bridgehead atoms. The Morgan fingerprint density at radius 1 is 1.35 bits per heavy atom. The Labute approximate surface area is 101 Å². The highest BCUT2D eigenvalue weighted by molar-refractivity contribution is 5.12. The van der Waals surface area contributed by atoms with Crippen LogP contribution in [0.4, 0.5) is 0 Å². The summed E-state index contributed by atoms with van der Waals surface area (Å²) in [5.41, 5.74) is 1.17. The summed E-state index contributed by atoms with van der Waals surface area (Å²) < 4.78 is 3.75. The number of quaternary nitrogens is 1. The summed E-state index contributed by atoms with van der Waals surface area (Å²) in [6.07, 6.45) is 3.01. The number of hydrogen-bond acceptors (Lipinski definition) is 1. The SMILES string of the molecule is Cn1cc[n+](C)c1C([O-])[NH2+]Cc1ccccc1. The Kier molecular flexibility index (Phi) is 3.56. The van der Waals surface area contributed by atoms with Gasteiger partial charge in [-0.2, -0.15) is 0 Å². The third kappa shape index (κ3) is 2.72. The predicted octanol–water partition coefficient (Wildman–Crippen LogP) is -1.03. The molecule has 2 rings (SSSR count). The van der Waals surface area contributed by atoms with Crippen LogP contribution >= 0.6 is 0 Å². The summed E-state index contributed by atoms with van der Waals surface area (Å²) >= 11 is 0. The van der Waals surface area contributed by atoms with Crippen LogP contribution in [0.3, 0.4) is 0 Å². The van der Waals surface area contributed by atoms with E-state index < -0.39 is 6.23 Å². The van der Waals surface area contributed by atoms with Crippen molar-refractivity contribution in [2.75, 3.05) is 0 Å². The van der Waals surface area contributed by atoms with Gasteiger partial charge in [0.1, 0.15) is 25.2 Å². The van der Waals surface area contributed by atoms with Gasteiger partial charge in [0, 0.05) is 5.56 Å². The normalized spacial score (nSPS) is 12.6. The van der Waals surface area contributed by atoms with Gasteiger partial charge in [-0.05, 0) is 0 Å². The summed E-state index contributed by atoms with van der Waals surface area (Å²) in [5, 5.41) is 13.9. The second-order valence-corrected chi connectivity index (χ2v) is 4.22. The number of aromatic nitrogens is 2. The molecular formula is C13H18N3O+. The summed E-state index contributed by atoms with van der Waals surface area (Å²) in [4.78, 5) is 0. The largest absolute Gasteiger partial charge is 0.797 e. The van der Waals surface area contributed by atoms with Gasteiger partial charge >= 0.3 is 0 Å². The second kappa shape index (κ2) is 5.12. The summed E-state index contributed by atoms with van der Waals surface area (Å²) in [6.45, 7) is 0.709. The Morgan fingerprint density at radius 2 is 2.06 bits per heavy atom. The fourth-order valence-electron chi connectivity index (χ4n) is 1.97. The average molecular weight is 232 g/mol. The molecule has 2 aromatic rings. The van der Waals surface area contributed by atoms with Gasteiger partial charge in [-0.1, -0.05) is 30.3 Å². The first kappa shape index (κ1) is 11.8. The van der Waals surface area contributed by atoms with Crippen molar-refractivity contribution < 1.29 is 15.0 Å². The topological polar surface area (TPSA) is 48.5 Å². The Balaban J connectivity index is 2.01. The lowest BCUT2D eigenvalue weighted by molar-refractivity contribution is -0.858. The molecule has 0 aliphatic rings. The van der Waals surface area contributed by atoms with Gasteiger partial charge in [-0.15, -0.1) is 0 Å². The highest BCUT2D eigenvalue weighted by Gasteiger charge is 2.17. The van der Waals surface area contributed by atoms with Gasteiger partial charge in [-0.25, -0.2) is 9.13 Å². The minimum atomic E-state index is -0.791. The monoisotopic (exact) mass is 232 g/mol. The second-order valence-electron chi connectivity index (χ2n) is 4.22. The Hall–Kier alpha value is -1.65. The molecule has 4 nitrogen and oxygen atoms in total. The van der Waals surface area contributed by atoms with E-state index in [9.17, 15) is 5.11 Å². The van der Waals surface area contributed by atoms with E-state index in [0.717, 1.165) is 5.82 Å². The zero-order valence-corrected chi connectivity index (χ0v) is 10.2. The molecule has 0 saturated carbocycles. The quantitative estimate of drug-likeness (QED) is 0.532. The number of benzene rings is 1. The third-order valence-electron chi connectivity index (χ3n) is 2.90. The molecule has 1 atom stereocenters. The summed E-state index contributed by atoms with van der Waals surface area (Å²) in [7, 11) is 3.80. The van der Waals surface area contributed by atoms with E-state index >= 15 is 0 Å². The van der Waals surface area contributed by atoms with E-state index in [0.29, 0.717) is 6.54 Å². The van der Waals surface area contributed by atoms with Crippen molar-refractivity contribution in [1.29, 1.82) is 0 Å². The van der Waals surface area contributed by atoms with Gasteiger partial charge in [-0.3, -0.25) is 0 Å². The fraction of sp³-hybridized carbons (Fsp3) is 0.308. The molecule has 1 aromatic heterocycles. The first-order valence-corrected chi connectivity index (χ1v) is 5.72. The van der Waals surface area contributed by atoms with Gasteiger partial charge in [0.05, 0.1) is 14.1 Å². The molecule has 1 heterocycles. The van der Waals surface area contributed by atoms with Crippen LogP contribution in [0.25, 0.3) is 0 Å². The molecule has 0 spiro atoms. The molecule has 2 N–H and O–H groups in total. The molecule has 0 saturated heterocycles. The lowest BCUT2D eigenvalue weighted by Crippen LogP contribution is -2.88. The molecule has 0 radical (unpaired) electrons. The maximum absolute atomic E-state index is 12.1. The standard InChI is InChI=1S/C13H17N3O/c1-15-8-9-16(2)13(15)12(17)14-10-11-6-4-3-5-7-11/h3-9,12,14H,10H2,1-2H3/p+1. The number of hydrogen-bond donors (Lipinski definition) is 1. The Morgan fingerprint density at radius 3 is 2.65 bits per heavy atom. The van der Waals surface area contributed by atoms with Crippen molar-refractivity contribution in [1.82, 2.24) is 4.57 Å². The van der Waals surface area contributed by atoms with Crippen LogP contribution in [0, 0.1) is 0 Å². The van der Waals surface area contributed by atoms with Crippen LogP contribution in [0.15, 0.2) is 42.7 Å².